The van der Waals surface area contributed by atoms with Crippen LogP contribution in [0, 0.1) is 0 Å². The molecule has 0 bridgehead atoms. The minimum absolute atomic E-state index is 0.0815. The highest BCUT2D eigenvalue weighted by atomic mass is 35.5. The summed E-state index contributed by atoms with van der Waals surface area (Å²) in [5, 5.41) is 4.77. The number of likely N-dealkylation sites (tertiary alicyclic amines) is 1. The third-order valence-corrected chi connectivity index (χ3v) is 4.95. The average Bonchev–Trinajstić information content (AvgIpc) is 3.32. The lowest BCUT2D eigenvalue weighted by Gasteiger charge is -2.16. The van der Waals surface area contributed by atoms with E-state index in [2.05, 4.69) is 10.1 Å². The molecule has 1 aliphatic heterocycles. The molecule has 0 aliphatic carbocycles. The summed E-state index contributed by atoms with van der Waals surface area (Å²) in [6.07, 6.45) is 0.369. The van der Waals surface area contributed by atoms with Crippen LogP contribution in [0.5, 0.6) is 5.75 Å². The Labute approximate surface area is 168 Å². The van der Waals surface area contributed by atoms with Gasteiger partial charge in [0.15, 0.2) is 0 Å². The fourth-order valence-corrected chi connectivity index (χ4v) is 3.44. The van der Waals surface area contributed by atoms with Gasteiger partial charge in [-0.25, -0.2) is 0 Å². The van der Waals surface area contributed by atoms with Crippen LogP contribution in [0.25, 0.3) is 11.4 Å². The second-order valence-corrected chi connectivity index (χ2v) is 7.16. The minimum Gasteiger partial charge on any atom is -0.494 e. The molecule has 0 radical (unpaired) electrons. The summed E-state index contributed by atoms with van der Waals surface area (Å²) in [7, 11) is 0. The quantitative estimate of drug-likeness (QED) is 0.620. The summed E-state index contributed by atoms with van der Waals surface area (Å²) < 4.78 is 11.0. The normalized spacial score (nSPS) is 16.6. The van der Waals surface area contributed by atoms with Crippen molar-refractivity contribution in [3.8, 4) is 17.1 Å². The van der Waals surface area contributed by atoms with Crippen molar-refractivity contribution < 1.29 is 14.1 Å². The highest BCUT2D eigenvalue weighted by molar-refractivity contribution is 6.30. The van der Waals surface area contributed by atoms with E-state index in [0.717, 1.165) is 16.9 Å². The number of rotatable bonds is 6. The van der Waals surface area contributed by atoms with Crippen molar-refractivity contribution in [1.82, 2.24) is 15.0 Å². The largest absolute Gasteiger partial charge is 0.494 e. The standard InChI is InChI=1S/C21H20ClN3O3/c1-2-27-18-5-3-4-15(10-18)20-23-21(28-24-20)16-11-19(26)25(13-16)12-14-6-8-17(22)9-7-14/h3-10,16H,2,11-13H2,1H3. The van der Waals surface area contributed by atoms with Crippen LogP contribution in [0.4, 0.5) is 0 Å². The van der Waals surface area contributed by atoms with Crippen molar-refractivity contribution in [2.75, 3.05) is 13.2 Å². The van der Waals surface area contributed by atoms with E-state index < -0.39 is 0 Å². The number of hydrogen-bond donors (Lipinski definition) is 0. The van der Waals surface area contributed by atoms with Crippen LogP contribution < -0.4 is 4.74 Å². The smallest absolute Gasteiger partial charge is 0.232 e. The van der Waals surface area contributed by atoms with Gasteiger partial charge in [-0.2, -0.15) is 4.98 Å². The number of ether oxygens (including phenoxy) is 1. The number of amides is 1. The number of carbonyl (C=O) groups excluding carboxylic acids is 1. The van der Waals surface area contributed by atoms with Gasteiger partial charge in [-0.1, -0.05) is 41.0 Å². The molecule has 1 atom stereocenters. The van der Waals surface area contributed by atoms with Gasteiger partial charge in [0.05, 0.1) is 12.5 Å². The first-order valence-corrected chi connectivity index (χ1v) is 9.59. The molecule has 6 nitrogen and oxygen atoms in total. The van der Waals surface area contributed by atoms with Gasteiger partial charge in [0, 0.05) is 30.1 Å². The van der Waals surface area contributed by atoms with Gasteiger partial charge in [-0.3, -0.25) is 4.79 Å². The van der Waals surface area contributed by atoms with E-state index in [1.807, 2.05) is 60.4 Å². The molecule has 2 heterocycles. The summed E-state index contributed by atoms with van der Waals surface area (Å²) >= 11 is 5.92. The number of nitrogens with zero attached hydrogens (tertiary/aromatic N) is 3. The van der Waals surface area contributed by atoms with Crippen LogP contribution in [0.2, 0.25) is 5.02 Å². The molecule has 28 heavy (non-hydrogen) atoms. The molecule has 144 valence electrons. The lowest BCUT2D eigenvalue weighted by atomic mass is 10.1. The maximum Gasteiger partial charge on any atom is 0.232 e. The molecule has 7 heteroatoms. The maximum absolute atomic E-state index is 12.4. The lowest BCUT2D eigenvalue weighted by Crippen LogP contribution is -2.24. The molecule has 0 saturated carbocycles. The molecule has 0 N–H and O–H groups in total. The van der Waals surface area contributed by atoms with Crippen LogP contribution in [-0.4, -0.2) is 34.1 Å². The predicted octanol–water partition coefficient (Wildman–Crippen LogP) is 4.30. The molecule has 1 unspecified atom stereocenters. The molecule has 1 aliphatic rings. The summed E-state index contributed by atoms with van der Waals surface area (Å²) in [6.45, 7) is 3.63. The topological polar surface area (TPSA) is 68.5 Å². The first-order chi connectivity index (χ1) is 13.6. The van der Waals surface area contributed by atoms with E-state index >= 15 is 0 Å². The Morgan fingerprint density at radius 1 is 1.25 bits per heavy atom. The van der Waals surface area contributed by atoms with Crippen LogP contribution in [0.1, 0.15) is 30.7 Å². The molecule has 4 rings (SSSR count). The van der Waals surface area contributed by atoms with Crippen molar-refractivity contribution in [3.05, 3.63) is 65.0 Å². The number of hydrogen-bond acceptors (Lipinski definition) is 5. The monoisotopic (exact) mass is 397 g/mol. The Balaban J connectivity index is 1.46. The van der Waals surface area contributed by atoms with E-state index in [-0.39, 0.29) is 11.8 Å². The Hall–Kier alpha value is -2.86. The van der Waals surface area contributed by atoms with Crippen molar-refractivity contribution in [1.29, 1.82) is 0 Å². The fraction of sp³-hybridized carbons (Fsp3) is 0.286. The Kier molecular flexibility index (Phi) is 5.30. The van der Waals surface area contributed by atoms with Crippen molar-refractivity contribution in [3.63, 3.8) is 0 Å². The third-order valence-electron chi connectivity index (χ3n) is 4.70. The molecule has 0 spiro atoms. The van der Waals surface area contributed by atoms with E-state index in [1.54, 1.807) is 0 Å². The molecular formula is C21H20ClN3O3. The molecule has 3 aromatic rings. The Bertz CT molecular complexity index is 971. The highest BCUT2D eigenvalue weighted by Crippen LogP contribution is 2.30. The highest BCUT2D eigenvalue weighted by Gasteiger charge is 2.34. The second-order valence-electron chi connectivity index (χ2n) is 6.72. The zero-order valence-electron chi connectivity index (χ0n) is 15.5. The van der Waals surface area contributed by atoms with Crippen LogP contribution in [0.3, 0.4) is 0 Å². The van der Waals surface area contributed by atoms with Crippen LogP contribution in [0.15, 0.2) is 53.1 Å². The third kappa shape index (κ3) is 4.02. The average molecular weight is 398 g/mol. The van der Waals surface area contributed by atoms with E-state index in [4.69, 9.17) is 20.9 Å². The van der Waals surface area contributed by atoms with Gasteiger partial charge in [0.25, 0.3) is 0 Å². The first-order valence-electron chi connectivity index (χ1n) is 9.21. The number of aromatic nitrogens is 2. The number of halogens is 1. The zero-order chi connectivity index (χ0) is 19.5. The van der Waals surface area contributed by atoms with Crippen LogP contribution >= 0.6 is 11.6 Å². The van der Waals surface area contributed by atoms with Gasteiger partial charge < -0.3 is 14.2 Å². The van der Waals surface area contributed by atoms with Gasteiger partial charge in [0.2, 0.25) is 17.6 Å². The lowest BCUT2D eigenvalue weighted by molar-refractivity contribution is -0.128. The van der Waals surface area contributed by atoms with Gasteiger partial charge in [-0.15, -0.1) is 0 Å². The zero-order valence-corrected chi connectivity index (χ0v) is 16.2. The van der Waals surface area contributed by atoms with E-state index in [1.165, 1.54) is 0 Å². The number of benzene rings is 2. The summed E-state index contributed by atoms with van der Waals surface area (Å²) in [6, 6.07) is 15.1. The van der Waals surface area contributed by atoms with Crippen molar-refractivity contribution in [2.24, 2.45) is 0 Å². The predicted molar refractivity (Wildman–Crippen MR) is 105 cm³/mol. The Morgan fingerprint density at radius 3 is 2.86 bits per heavy atom. The minimum atomic E-state index is -0.101. The first kappa shape index (κ1) is 18.5. The second kappa shape index (κ2) is 8.02. The summed E-state index contributed by atoms with van der Waals surface area (Å²) in [5.41, 5.74) is 1.86. The summed E-state index contributed by atoms with van der Waals surface area (Å²) in [4.78, 5) is 18.8. The molecule has 2 aromatic carbocycles. The summed E-state index contributed by atoms with van der Waals surface area (Å²) in [5.74, 6) is 1.73. The molecule has 1 fully saturated rings. The Morgan fingerprint density at radius 2 is 2.07 bits per heavy atom. The van der Waals surface area contributed by atoms with Crippen LogP contribution in [-0.2, 0) is 11.3 Å². The molecule has 1 saturated heterocycles. The molecular weight excluding hydrogens is 378 g/mol. The van der Waals surface area contributed by atoms with Gasteiger partial charge in [-0.05, 0) is 36.8 Å². The maximum atomic E-state index is 12.4. The van der Waals surface area contributed by atoms with Crippen molar-refractivity contribution in [2.45, 2.75) is 25.8 Å². The van der Waals surface area contributed by atoms with Gasteiger partial charge >= 0.3 is 0 Å². The van der Waals surface area contributed by atoms with Crippen molar-refractivity contribution >= 4 is 17.5 Å². The van der Waals surface area contributed by atoms with E-state index in [0.29, 0.717) is 42.9 Å². The molecule has 1 amide bonds. The number of carbonyl (C=O) groups is 1. The molecule has 1 aromatic heterocycles. The van der Waals surface area contributed by atoms with Gasteiger partial charge in [0.1, 0.15) is 5.75 Å². The SMILES string of the molecule is CCOc1cccc(-c2noc(C3CC(=O)N(Cc4ccc(Cl)cc4)C3)n2)c1. The van der Waals surface area contributed by atoms with E-state index in [9.17, 15) is 4.79 Å². The fourth-order valence-electron chi connectivity index (χ4n) is 3.31.